The summed E-state index contributed by atoms with van der Waals surface area (Å²) in [5.41, 5.74) is 8.80. The highest BCUT2D eigenvalue weighted by Gasteiger charge is 2.39. The van der Waals surface area contributed by atoms with Crippen molar-refractivity contribution in [3.63, 3.8) is 0 Å². The van der Waals surface area contributed by atoms with Gasteiger partial charge in [0, 0.05) is 5.56 Å². The monoisotopic (exact) mass is 445 g/mol. The van der Waals surface area contributed by atoms with Crippen molar-refractivity contribution in [2.24, 2.45) is 0 Å². The lowest BCUT2D eigenvalue weighted by atomic mass is 9.89. The molecule has 0 N–H and O–H groups in total. The maximum atomic E-state index is 13.6. The molecule has 1 atom stereocenters. The average molecular weight is 446 g/mol. The second-order valence-corrected chi connectivity index (χ2v) is 10.2. The summed E-state index contributed by atoms with van der Waals surface area (Å²) < 4.78 is 13.5. The van der Waals surface area contributed by atoms with Crippen LogP contribution < -0.4 is 5.30 Å². The van der Waals surface area contributed by atoms with E-state index < -0.39 is 13.3 Å². The van der Waals surface area contributed by atoms with Crippen LogP contribution in [0.5, 0.6) is 0 Å². The van der Waals surface area contributed by atoms with Gasteiger partial charge in [0.2, 0.25) is 5.30 Å². The largest absolute Gasteiger partial charge is 0.459 e. The summed E-state index contributed by atoms with van der Waals surface area (Å²) in [7, 11) is -2.45. The van der Waals surface area contributed by atoms with Gasteiger partial charge < -0.3 is 0 Å². The molecule has 3 rings (SSSR count). The SMILES string of the molecule is Cc1cc(C)c(C(=O)c2ccccc2[P+](=O)C(=O)c2c(C)cc(C)c(C)c2C)c(C)c1C. The zero-order valence-electron chi connectivity index (χ0n) is 20.1. The standard InChI is InChI=1S/C28H30O3P/c1-15-13-17(3)25(21(7)19(15)5)27(29)23-11-9-10-12-24(23)32(31)28(30)26-18(4)14-16(2)20(6)22(26)8/h9-14H,1-8H3/q+1. The van der Waals surface area contributed by atoms with Crippen LogP contribution in [-0.2, 0) is 4.57 Å². The predicted octanol–water partition coefficient (Wildman–Crippen LogP) is 6.68. The van der Waals surface area contributed by atoms with E-state index in [2.05, 4.69) is 0 Å². The lowest BCUT2D eigenvalue weighted by Crippen LogP contribution is -2.18. The van der Waals surface area contributed by atoms with E-state index >= 15 is 0 Å². The van der Waals surface area contributed by atoms with Crippen molar-refractivity contribution >= 4 is 24.4 Å². The fourth-order valence-corrected chi connectivity index (χ4v) is 5.82. The average Bonchev–Trinajstić information content (AvgIpc) is 2.75. The van der Waals surface area contributed by atoms with Crippen LogP contribution in [0.3, 0.4) is 0 Å². The number of rotatable bonds is 5. The minimum atomic E-state index is -2.45. The smallest absolute Gasteiger partial charge is 0.288 e. The van der Waals surface area contributed by atoms with Crippen molar-refractivity contribution in [2.75, 3.05) is 0 Å². The summed E-state index contributed by atoms with van der Waals surface area (Å²) in [4.78, 5) is 27.0. The first-order valence-corrected chi connectivity index (χ1v) is 12.0. The van der Waals surface area contributed by atoms with Crippen molar-refractivity contribution in [3.05, 3.63) is 97.6 Å². The second kappa shape index (κ2) is 8.92. The Morgan fingerprint density at radius 2 is 1.09 bits per heavy atom. The van der Waals surface area contributed by atoms with Gasteiger partial charge in [-0.3, -0.25) is 4.79 Å². The van der Waals surface area contributed by atoms with Crippen LogP contribution in [0, 0.1) is 55.4 Å². The molecule has 0 saturated carbocycles. The number of aryl methyl sites for hydroxylation is 4. The molecule has 3 aromatic rings. The summed E-state index contributed by atoms with van der Waals surface area (Å²) in [6.07, 6.45) is 0. The van der Waals surface area contributed by atoms with Crippen molar-refractivity contribution in [2.45, 2.75) is 55.4 Å². The van der Waals surface area contributed by atoms with Gasteiger partial charge in [-0.05, 0) is 112 Å². The zero-order chi connectivity index (χ0) is 23.9. The number of benzene rings is 3. The molecule has 0 aliphatic heterocycles. The quantitative estimate of drug-likeness (QED) is 0.325. The first kappa shape index (κ1) is 23.8. The number of hydrogen-bond acceptors (Lipinski definition) is 3. The number of carbonyl (C=O) groups excluding carboxylic acids is 2. The highest BCUT2D eigenvalue weighted by Crippen LogP contribution is 2.34. The van der Waals surface area contributed by atoms with Crippen LogP contribution in [0.4, 0.5) is 0 Å². The molecular weight excluding hydrogens is 415 g/mol. The van der Waals surface area contributed by atoms with E-state index in [1.807, 2.05) is 67.5 Å². The van der Waals surface area contributed by atoms with Crippen LogP contribution in [0.15, 0.2) is 36.4 Å². The molecule has 32 heavy (non-hydrogen) atoms. The molecule has 164 valence electrons. The van der Waals surface area contributed by atoms with Crippen LogP contribution in [-0.4, -0.2) is 11.3 Å². The molecule has 3 aromatic carbocycles. The highest BCUT2D eigenvalue weighted by molar-refractivity contribution is 7.71. The summed E-state index contributed by atoms with van der Waals surface area (Å²) in [5, 5.41) is 0.298. The highest BCUT2D eigenvalue weighted by atomic mass is 31.1. The molecule has 4 heteroatoms. The molecule has 3 nitrogen and oxygen atoms in total. The van der Waals surface area contributed by atoms with Gasteiger partial charge in [-0.25, -0.2) is 4.79 Å². The fraction of sp³-hybridized carbons (Fsp3) is 0.286. The van der Waals surface area contributed by atoms with E-state index in [9.17, 15) is 14.2 Å². The number of hydrogen-bond donors (Lipinski definition) is 0. The first-order chi connectivity index (χ1) is 15.0. The molecule has 0 amide bonds. The van der Waals surface area contributed by atoms with Crippen LogP contribution in [0.25, 0.3) is 0 Å². The molecule has 0 heterocycles. The van der Waals surface area contributed by atoms with Gasteiger partial charge in [-0.1, -0.05) is 28.8 Å². The topological polar surface area (TPSA) is 51.2 Å². The number of carbonyl (C=O) groups is 2. The number of ketones is 1. The summed E-state index contributed by atoms with van der Waals surface area (Å²) >= 11 is 0. The van der Waals surface area contributed by atoms with E-state index in [0.29, 0.717) is 22.0 Å². The Kier molecular flexibility index (Phi) is 6.62. The Bertz CT molecular complexity index is 1300. The molecule has 0 aromatic heterocycles. The van der Waals surface area contributed by atoms with Crippen molar-refractivity contribution in [3.8, 4) is 0 Å². The molecule has 0 aliphatic carbocycles. The fourth-order valence-electron chi connectivity index (χ4n) is 4.44. The van der Waals surface area contributed by atoms with Gasteiger partial charge in [0.15, 0.2) is 5.78 Å². The third kappa shape index (κ3) is 3.98. The second-order valence-electron chi connectivity index (χ2n) is 8.72. The maximum Gasteiger partial charge on any atom is 0.459 e. The summed E-state index contributed by atoms with van der Waals surface area (Å²) in [5.74, 6) is -0.191. The van der Waals surface area contributed by atoms with Gasteiger partial charge >= 0.3 is 13.3 Å². The Morgan fingerprint density at radius 1 is 0.625 bits per heavy atom. The molecule has 0 spiro atoms. The lowest BCUT2D eigenvalue weighted by molar-refractivity contribution is 0.103. The predicted molar refractivity (Wildman–Crippen MR) is 132 cm³/mol. The van der Waals surface area contributed by atoms with Gasteiger partial charge in [-0.15, -0.1) is 0 Å². The molecule has 0 radical (unpaired) electrons. The molecule has 0 fully saturated rings. The van der Waals surface area contributed by atoms with Gasteiger partial charge in [0.05, 0.1) is 11.1 Å². The Labute approximate surface area is 191 Å². The van der Waals surface area contributed by atoms with Crippen molar-refractivity contribution in [1.82, 2.24) is 0 Å². The summed E-state index contributed by atoms with van der Waals surface area (Å²) in [6.45, 7) is 15.6. The van der Waals surface area contributed by atoms with E-state index in [-0.39, 0.29) is 5.78 Å². The molecule has 0 bridgehead atoms. The van der Waals surface area contributed by atoms with Gasteiger partial charge in [0.1, 0.15) is 0 Å². The van der Waals surface area contributed by atoms with Crippen LogP contribution in [0.2, 0.25) is 0 Å². The zero-order valence-corrected chi connectivity index (χ0v) is 21.0. The summed E-state index contributed by atoms with van der Waals surface area (Å²) in [6, 6.07) is 10.8. The Morgan fingerprint density at radius 3 is 1.66 bits per heavy atom. The first-order valence-electron chi connectivity index (χ1n) is 10.8. The lowest BCUT2D eigenvalue weighted by Gasteiger charge is -2.14. The molecule has 1 unspecified atom stereocenters. The van der Waals surface area contributed by atoms with Crippen LogP contribution in [0.1, 0.15) is 70.8 Å². The normalized spacial score (nSPS) is 11.4. The minimum absolute atomic E-state index is 0.191. The van der Waals surface area contributed by atoms with E-state index in [1.165, 1.54) is 0 Å². The molecule has 0 aliphatic rings. The van der Waals surface area contributed by atoms with Crippen molar-refractivity contribution in [1.29, 1.82) is 0 Å². The Hall–Kier alpha value is -2.90. The third-order valence-corrected chi connectivity index (χ3v) is 8.13. The molecular formula is C28H30O3P+. The third-order valence-electron chi connectivity index (χ3n) is 6.71. The Balaban J connectivity index is 2.14. The minimum Gasteiger partial charge on any atom is -0.288 e. The van der Waals surface area contributed by atoms with Gasteiger partial charge in [0.25, 0.3) is 0 Å². The van der Waals surface area contributed by atoms with Crippen molar-refractivity contribution < 1.29 is 14.2 Å². The maximum absolute atomic E-state index is 13.6. The van der Waals surface area contributed by atoms with E-state index in [4.69, 9.17) is 0 Å². The van der Waals surface area contributed by atoms with Crippen LogP contribution >= 0.6 is 7.80 Å². The van der Waals surface area contributed by atoms with E-state index in [1.54, 1.807) is 24.3 Å². The van der Waals surface area contributed by atoms with E-state index in [0.717, 1.165) is 44.5 Å². The molecule has 0 saturated heterocycles. The van der Waals surface area contributed by atoms with Gasteiger partial charge in [-0.2, -0.15) is 0 Å².